The van der Waals surface area contributed by atoms with Gasteiger partial charge in [-0.25, -0.2) is 4.98 Å². The molecular formula is C13H22N2S. The fourth-order valence-corrected chi connectivity index (χ4v) is 3.97. The van der Waals surface area contributed by atoms with Gasteiger partial charge in [-0.1, -0.05) is 13.8 Å². The van der Waals surface area contributed by atoms with E-state index in [0.29, 0.717) is 12.1 Å². The van der Waals surface area contributed by atoms with Crippen LogP contribution in [0.5, 0.6) is 0 Å². The van der Waals surface area contributed by atoms with Crippen LogP contribution in [-0.4, -0.2) is 15.4 Å². The van der Waals surface area contributed by atoms with Crippen LogP contribution < -0.4 is 0 Å². The standard InChI is InChI=1S/C13H22N2S/c1-6-9-11-12(16-8-14-11)10(7-2)15(9)13(3,4)5/h8-10H,6-7H2,1-5H3. The van der Waals surface area contributed by atoms with Gasteiger partial charge in [0.05, 0.1) is 17.2 Å². The lowest BCUT2D eigenvalue weighted by Crippen LogP contribution is -2.42. The van der Waals surface area contributed by atoms with Crippen molar-refractivity contribution in [3.05, 3.63) is 16.1 Å². The van der Waals surface area contributed by atoms with Gasteiger partial charge in [-0.3, -0.25) is 4.90 Å². The van der Waals surface area contributed by atoms with Gasteiger partial charge in [-0.15, -0.1) is 11.3 Å². The summed E-state index contributed by atoms with van der Waals surface area (Å²) in [6.45, 7) is 11.5. The van der Waals surface area contributed by atoms with Gasteiger partial charge in [0.2, 0.25) is 0 Å². The van der Waals surface area contributed by atoms with Crippen molar-refractivity contribution in [1.29, 1.82) is 0 Å². The molecule has 2 rings (SSSR count). The van der Waals surface area contributed by atoms with Crippen LogP contribution >= 0.6 is 11.3 Å². The molecule has 1 aromatic heterocycles. The zero-order valence-electron chi connectivity index (χ0n) is 10.9. The lowest BCUT2D eigenvalue weighted by molar-refractivity contribution is 0.0471. The van der Waals surface area contributed by atoms with Crippen molar-refractivity contribution in [2.45, 2.75) is 65.1 Å². The Labute approximate surface area is 103 Å². The topological polar surface area (TPSA) is 16.1 Å². The van der Waals surface area contributed by atoms with E-state index < -0.39 is 0 Å². The van der Waals surface area contributed by atoms with E-state index >= 15 is 0 Å². The predicted molar refractivity (Wildman–Crippen MR) is 69.8 cm³/mol. The lowest BCUT2D eigenvalue weighted by atomic mass is 10.0. The summed E-state index contributed by atoms with van der Waals surface area (Å²) in [5.74, 6) is 0. The molecule has 2 heterocycles. The fraction of sp³-hybridized carbons (Fsp3) is 0.769. The van der Waals surface area contributed by atoms with E-state index in [9.17, 15) is 0 Å². The number of hydrogen-bond acceptors (Lipinski definition) is 3. The van der Waals surface area contributed by atoms with Crippen molar-refractivity contribution in [2.24, 2.45) is 0 Å². The van der Waals surface area contributed by atoms with E-state index in [-0.39, 0.29) is 5.54 Å². The lowest BCUT2D eigenvalue weighted by Gasteiger charge is -2.40. The Balaban J connectivity index is 2.44. The molecule has 1 aliphatic rings. The van der Waals surface area contributed by atoms with Gasteiger partial charge >= 0.3 is 0 Å². The van der Waals surface area contributed by atoms with Gasteiger partial charge < -0.3 is 0 Å². The molecule has 0 spiro atoms. The quantitative estimate of drug-likeness (QED) is 0.769. The van der Waals surface area contributed by atoms with Crippen molar-refractivity contribution in [2.75, 3.05) is 0 Å². The number of thiazole rings is 1. The van der Waals surface area contributed by atoms with E-state index in [2.05, 4.69) is 44.5 Å². The van der Waals surface area contributed by atoms with E-state index in [1.807, 2.05) is 16.8 Å². The van der Waals surface area contributed by atoms with Crippen LogP contribution in [0.15, 0.2) is 5.51 Å². The Morgan fingerprint density at radius 2 is 1.88 bits per heavy atom. The average Bonchev–Trinajstić information content (AvgIpc) is 2.73. The zero-order chi connectivity index (χ0) is 11.9. The number of fused-ring (bicyclic) bond motifs is 1. The minimum absolute atomic E-state index is 0.224. The molecule has 0 radical (unpaired) electrons. The van der Waals surface area contributed by atoms with E-state index in [1.165, 1.54) is 17.0 Å². The Morgan fingerprint density at radius 1 is 1.25 bits per heavy atom. The molecule has 0 N–H and O–H groups in total. The number of aromatic nitrogens is 1. The molecule has 0 amide bonds. The third-order valence-corrected chi connectivity index (χ3v) is 4.41. The highest BCUT2D eigenvalue weighted by Gasteiger charge is 2.43. The summed E-state index contributed by atoms with van der Waals surface area (Å²) in [5, 5.41) is 0. The molecule has 0 aromatic carbocycles. The molecule has 0 saturated carbocycles. The Bertz CT molecular complexity index is 338. The molecule has 2 atom stereocenters. The van der Waals surface area contributed by atoms with Crippen LogP contribution in [0, 0.1) is 0 Å². The van der Waals surface area contributed by atoms with Crippen LogP contribution in [0.3, 0.4) is 0 Å². The second-order valence-electron chi connectivity index (χ2n) is 5.53. The SMILES string of the molecule is CCC1c2ncsc2C(CC)N1C(C)(C)C. The van der Waals surface area contributed by atoms with E-state index in [1.54, 1.807) is 0 Å². The minimum atomic E-state index is 0.224. The minimum Gasteiger partial charge on any atom is -0.282 e. The van der Waals surface area contributed by atoms with Crippen molar-refractivity contribution in [1.82, 2.24) is 9.88 Å². The Hall–Kier alpha value is -0.410. The first-order valence-corrected chi connectivity index (χ1v) is 7.10. The number of hydrogen-bond donors (Lipinski definition) is 0. The van der Waals surface area contributed by atoms with Crippen molar-refractivity contribution < 1.29 is 0 Å². The predicted octanol–water partition coefficient (Wildman–Crippen LogP) is 4.16. The molecule has 0 saturated heterocycles. The summed E-state index contributed by atoms with van der Waals surface area (Å²) in [6.07, 6.45) is 2.34. The summed E-state index contributed by atoms with van der Waals surface area (Å²) in [7, 11) is 0. The maximum Gasteiger partial charge on any atom is 0.0799 e. The normalized spacial score (nSPS) is 26.1. The van der Waals surface area contributed by atoms with Gasteiger partial charge in [-0.05, 0) is 33.6 Å². The van der Waals surface area contributed by atoms with Crippen LogP contribution in [0.1, 0.15) is 70.1 Å². The first-order chi connectivity index (χ1) is 7.50. The first-order valence-electron chi connectivity index (χ1n) is 6.22. The van der Waals surface area contributed by atoms with Gasteiger partial charge in [0.1, 0.15) is 0 Å². The van der Waals surface area contributed by atoms with Crippen LogP contribution in [0.25, 0.3) is 0 Å². The molecule has 90 valence electrons. The molecule has 1 aromatic rings. The number of nitrogens with zero attached hydrogens (tertiary/aromatic N) is 2. The third-order valence-electron chi connectivity index (χ3n) is 3.46. The molecule has 2 unspecified atom stereocenters. The van der Waals surface area contributed by atoms with Crippen LogP contribution in [0.2, 0.25) is 0 Å². The van der Waals surface area contributed by atoms with Gasteiger partial charge in [0.25, 0.3) is 0 Å². The maximum atomic E-state index is 4.59. The largest absolute Gasteiger partial charge is 0.282 e. The van der Waals surface area contributed by atoms with Crippen molar-refractivity contribution >= 4 is 11.3 Å². The van der Waals surface area contributed by atoms with Gasteiger partial charge in [-0.2, -0.15) is 0 Å². The highest BCUT2D eigenvalue weighted by atomic mass is 32.1. The van der Waals surface area contributed by atoms with Crippen LogP contribution in [-0.2, 0) is 0 Å². The first kappa shape index (κ1) is 12.1. The summed E-state index contributed by atoms with van der Waals surface area (Å²) in [4.78, 5) is 8.75. The summed E-state index contributed by atoms with van der Waals surface area (Å²) < 4.78 is 0. The van der Waals surface area contributed by atoms with Crippen molar-refractivity contribution in [3.63, 3.8) is 0 Å². The second-order valence-corrected chi connectivity index (χ2v) is 6.41. The molecule has 0 fully saturated rings. The van der Waals surface area contributed by atoms with E-state index in [0.717, 1.165) is 6.42 Å². The maximum absolute atomic E-state index is 4.59. The molecule has 2 nitrogen and oxygen atoms in total. The van der Waals surface area contributed by atoms with Crippen molar-refractivity contribution in [3.8, 4) is 0 Å². The highest BCUT2D eigenvalue weighted by Crippen LogP contribution is 2.49. The summed E-state index contributed by atoms with van der Waals surface area (Å²) in [5.41, 5.74) is 3.58. The molecular weight excluding hydrogens is 216 g/mol. The Morgan fingerprint density at radius 3 is 2.38 bits per heavy atom. The average molecular weight is 238 g/mol. The smallest absolute Gasteiger partial charge is 0.0799 e. The van der Waals surface area contributed by atoms with Gasteiger partial charge in [0.15, 0.2) is 0 Å². The van der Waals surface area contributed by atoms with E-state index in [4.69, 9.17) is 0 Å². The highest BCUT2D eigenvalue weighted by molar-refractivity contribution is 7.09. The second kappa shape index (κ2) is 4.11. The number of rotatable bonds is 2. The summed E-state index contributed by atoms with van der Waals surface area (Å²) >= 11 is 1.83. The van der Waals surface area contributed by atoms with Crippen LogP contribution in [0.4, 0.5) is 0 Å². The Kier molecular flexibility index (Phi) is 3.10. The molecule has 0 aliphatic carbocycles. The molecule has 3 heteroatoms. The summed E-state index contributed by atoms with van der Waals surface area (Å²) in [6, 6.07) is 1.10. The molecule has 16 heavy (non-hydrogen) atoms. The third kappa shape index (κ3) is 1.70. The monoisotopic (exact) mass is 238 g/mol. The fourth-order valence-electron chi connectivity index (χ4n) is 2.95. The zero-order valence-corrected chi connectivity index (χ0v) is 11.8. The molecule has 1 aliphatic heterocycles. The van der Waals surface area contributed by atoms with Gasteiger partial charge in [0, 0.05) is 16.5 Å². The molecule has 0 bridgehead atoms.